The Hall–Kier alpha value is -3.69. The fraction of sp³-hybridized carbons (Fsp3) is 0.0909. The number of amides is 1. The number of rotatable bonds is 8. The number of sulfonamides is 1. The number of carbonyl (C=O) groups excluding carboxylic acids is 2. The Labute approximate surface area is 180 Å². The number of hydrogen-bond donors (Lipinski definition) is 3. The highest BCUT2D eigenvalue weighted by Gasteiger charge is 2.23. The van der Waals surface area contributed by atoms with Crippen LogP contribution in [0.1, 0.15) is 20.7 Å². The highest BCUT2D eigenvalue weighted by Crippen LogP contribution is 2.16. The van der Waals surface area contributed by atoms with E-state index in [1.807, 2.05) is 0 Å². The maximum absolute atomic E-state index is 13.0. The van der Waals surface area contributed by atoms with Crippen molar-refractivity contribution < 1.29 is 22.7 Å². The van der Waals surface area contributed by atoms with Crippen molar-refractivity contribution in [2.75, 3.05) is 12.4 Å². The predicted octanol–water partition coefficient (Wildman–Crippen LogP) is 2.39. The zero-order valence-electron chi connectivity index (χ0n) is 16.6. The molecule has 1 unspecified atom stereocenters. The van der Waals surface area contributed by atoms with E-state index in [0.29, 0.717) is 22.6 Å². The summed E-state index contributed by atoms with van der Waals surface area (Å²) in [5, 5.41) is 10.7. The molecule has 31 heavy (non-hydrogen) atoms. The third kappa shape index (κ3) is 5.68. The van der Waals surface area contributed by atoms with Gasteiger partial charge in [0.05, 0.1) is 12.0 Å². The monoisotopic (exact) mass is 439 g/mol. The summed E-state index contributed by atoms with van der Waals surface area (Å²) in [6, 6.07) is 20.5. The molecule has 9 heteroatoms. The minimum absolute atomic E-state index is 0.0637. The lowest BCUT2D eigenvalue weighted by Gasteiger charge is -2.21. The summed E-state index contributed by atoms with van der Waals surface area (Å²) < 4.78 is 28.0. The van der Waals surface area contributed by atoms with Gasteiger partial charge in [0.25, 0.3) is 5.91 Å². The molecule has 0 fully saturated rings. The Kier molecular flexibility index (Phi) is 6.68. The lowest BCUT2D eigenvalue weighted by molar-refractivity contribution is 0.0869. The summed E-state index contributed by atoms with van der Waals surface area (Å²) in [4.78, 5) is 25.7. The van der Waals surface area contributed by atoms with Crippen LogP contribution in [0.25, 0.3) is 0 Å². The number of carbonyl (C=O) groups is 2. The quantitative estimate of drug-likeness (QED) is 0.365. The molecule has 0 saturated carbocycles. The van der Waals surface area contributed by atoms with Crippen molar-refractivity contribution >= 4 is 27.4 Å². The second-order valence-corrected chi connectivity index (χ2v) is 8.14. The first-order valence-corrected chi connectivity index (χ1v) is 10.8. The van der Waals surface area contributed by atoms with Crippen molar-refractivity contribution in [3.8, 4) is 5.75 Å². The second-order valence-electron chi connectivity index (χ2n) is 6.58. The van der Waals surface area contributed by atoms with Crippen LogP contribution in [0.4, 0.5) is 5.69 Å². The standard InChI is InChI=1S/C22H21N3O5S/c1-30-18-11-7-16(8-12-18)22(27)25-21(20(26)15-5-3-2-4-6-15)24-17-9-13-19(14-10-17)31(23,28)29/h2-14,21,24H,1H3,(H,25,27)(H2,23,28,29). The minimum Gasteiger partial charge on any atom is -0.497 e. The van der Waals surface area contributed by atoms with E-state index in [9.17, 15) is 18.0 Å². The molecule has 4 N–H and O–H groups in total. The molecule has 3 aromatic carbocycles. The first kappa shape index (κ1) is 22.0. The molecule has 0 radical (unpaired) electrons. The van der Waals surface area contributed by atoms with Gasteiger partial charge >= 0.3 is 0 Å². The van der Waals surface area contributed by atoms with Crippen LogP contribution in [0.5, 0.6) is 5.75 Å². The smallest absolute Gasteiger partial charge is 0.253 e. The lowest BCUT2D eigenvalue weighted by Crippen LogP contribution is -2.46. The average Bonchev–Trinajstić information content (AvgIpc) is 2.78. The number of anilines is 1. The highest BCUT2D eigenvalue weighted by molar-refractivity contribution is 7.89. The molecule has 0 bridgehead atoms. The Balaban J connectivity index is 1.85. The molecule has 1 amide bonds. The van der Waals surface area contributed by atoms with E-state index in [1.165, 1.54) is 31.4 Å². The third-order valence-electron chi connectivity index (χ3n) is 4.44. The van der Waals surface area contributed by atoms with Crippen molar-refractivity contribution in [1.82, 2.24) is 5.32 Å². The number of benzene rings is 3. The van der Waals surface area contributed by atoms with Crippen molar-refractivity contribution in [3.05, 3.63) is 90.0 Å². The average molecular weight is 439 g/mol. The van der Waals surface area contributed by atoms with Crippen molar-refractivity contribution in [2.24, 2.45) is 5.14 Å². The Morgan fingerprint density at radius 1 is 0.871 bits per heavy atom. The molecule has 8 nitrogen and oxygen atoms in total. The fourth-order valence-electron chi connectivity index (χ4n) is 2.80. The number of hydrogen-bond acceptors (Lipinski definition) is 6. The normalized spacial score (nSPS) is 11.9. The molecule has 160 valence electrons. The minimum atomic E-state index is -3.84. The number of methoxy groups -OCH3 is 1. The van der Waals surface area contributed by atoms with Crippen molar-refractivity contribution in [2.45, 2.75) is 11.1 Å². The molecule has 1 atom stereocenters. The molecule has 3 rings (SSSR count). The highest BCUT2D eigenvalue weighted by atomic mass is 32.2. The van der Waals surface area contributed by atoms with Crippen molar-refractivity contribution in [1.29, 1.82) is 0 Å². The summed E-state index contributed by atoms with van der Waals surface area (Å²) in [5.74, 6) is -0.231. The Morgan fingerprint density at radius 2 is 1.48 bits per heavy atom. The molecule has 0 aromatic heterocycles. The molecule has 0 spiro atoms. The van der Waals surface area contributed by atoms with Gasteiger partial charge in [-0.3, -0.25) is 9.59 Å². The van der Waals surface area contributed by atoms with Gasteiger partial charge in [0.15, 0.2) is 6.17 Å². The topological polar surface area (TPSA) is 128 Å². The Bertz CT molecular complexity index is 1160. The molecule has 0 heterocycles. The molecular formula is C22H21N3O5S. The largest absolute Gasteiger partial charge is 0.497 e. The van der Waals surface area contributed by atoms with Gasteiger partial charge in [-0.25, -0.2) is 13.6 Å². The fourth-order valence-corrected chi connectivity index (χ4v) is 3.32. The number of nitrogens with two attached hydrogens (primary N) is 1. The van der Waals surface area contributed by atoms with E-state index in [1.54, 1.807) is 54.6 Å². The number of ketones is 1. The van der Waals surface area contributed by atoms with Crippen LogP contribution in [0.3, 0.4) is 0 Å². The van der Waals surface area contributed by atoms with Gasteiger partial charge in [-0.1, -0.05) is 30.3 Å². The van der Waals surface area contributed by atoms with E-state index in [2.05, 4.69) is 10.6 Å². The lowest BCUT2D eigenvalue weighted by atomic mass is 10.1. The molecular weight excluding hydrogens is 418 g/mol. The summed E-state index contributed by atoms with van der Waals surface area (Å²) in [6.07, 6.45) is -1.10. The van der Waals surface area contributed by atoms with Gasteiger partial charge in [-0.15, -0.1) is 0 Å². The van der Waals surface area contributed by atoms with Crippen molar-refractivity contribution in [3.63, 3.8) is 0 Å². The zero-order valence-corrected chi connectivity index (χ0v) is 17.4. The maximum Gasteiger partial charge on any atom is 0.253 e. The molecule has 0 aliphatic carbocycles. The summed E-state index contributed by atoms with van der Waals surface area (Å²) in [7, 11) is -2.32. The van der Waals surface area contributed by atoms with Gasteiger partial charge in [-0.05, 0) is 48.5 Å². The predicted molar refractivity (Wildman–Crippen MR) is 116 cm³/mol. The van der Waals surface area contributed by atoms with Gasteiger partial charge < -0.3 is 15.4 Å². The van der Waals surface area contributed by atoms with E-state index in [0.717, 1.165) is 0 Å². The van der Waals surface area contributed by atoms with Gasteiger partial charge in [0.1, 0.15) is 5.75 Å². The van der Waals surface area contributed by atoms with E-state index in [4.69, 9.17) is 9.88 Å². The van der Waals surface area contributed by atoms with Crippen LogP contribution in [0, 0.1) is 0 Å². The second kappa shape index (κ2) is 9.41. The number of nitrogens with one attached hydrogen (secondary N) is 2. The molecule has 3 aromatic rings. The van der Waals surface area contributed by atoms with Crippen LogP contribution < -0.4 is 20.5 Å². The van der Waals surface area contributed by atoms with Crippen LogP contribution in [-0.2, 0) is 10.0 Å². The zero-order chi connectivity index (χ0) is 22.4. The molecule has 0 saturated heterocycles. The first-order valence-electron chi connectivity index (χ1n) is 9.21. The molecule has 0 aliphatic rings. The van der Waals surface area contributed by atoms with Crippen LogP contribution in [0.2, 0.25) is 0 Å². The summed E-state index contributed by atoms with van der Waals surface area (Å²) in [5.41, 5.74) is 1.17. The summed E-state index contributed by atoms with van der Waals surface area (Å²) >= 11 is 0. The van der Waals surface area contributed by atoms with Gasteiger partial charge in [0.2, 0.25) is 15.8 Å². The van der Waals surface area contributed by atoms with Gasteiger partial charge in [0, 0.05) is 16.8 Å². The van der Waals surface area contributed by atoms with Gasteiger partial charge in [-0.2, -0.15) is 0 Å². The Morgan fingerprint density at radius 3 is 2.03 bits per heavy atom. The van der Waals surface area contributed by atoms with Crippen LogP contribution >= 0.6 is 0 Å². The third-order valence-corrected chi connectivity index (χ3v) is 5.37. The number of ether oxygens (including phenoxy) is 1. The first-order chi connectivity index (χ1) is 14.8. The molecule has 0 aliphatic heterocycles. The van der Waals surface area contributed by atoms with E-state index < -0.39 is 22.1 Å². The SMILES string of the molecule is COc1ccc(C(=O)NC(Nc2ccc(S(N)(=O)=O)cc2)C(=O)c2ccccc2)cc1. The van der Waals surface area contributed by atoms with E-state index >= 15 is 0 Å². The number of primary sulfonamides is 1. The maximum atomic E-state index is 13.0. The van der Waals surface area contributed by atoms with Crippen LogP contribution in [0.15, 0.2) is 83.8 Å². The summed E-state index contributed by atoms with van der Waals surface area (Å²) in [6.45, 7) is 0. The number of Topliss-reactive ketones (excluding diaryl/α,β-unsaturated/α-hetero) is 1. The van der Waals surface area contributed by atoms with E-state index in [-0.39, 0.29) is 10.7 Å². The van der Waals surface area contributed by atoms with Crippen LogP contribution in [-0.4, -0.2) is 33.4 Å².